The molecule has 8 nitrogen and oxygen atoms in total. The summed E-state index contributed by atoms with van der Waals surface area (Å²) in [5.74, 6) is 0.783. The lowest BCUT2D eigenvalue weighted by atomic mass is 10.1. The maximum absolute atomic E-state index is 12.4. The molecule has 0 saturated carbocycles. The Hall–Kier alpha value is -3.03. The summed E-state index contributed by atoms with van der Waals surface area (Å²) in [7, 11) is 1.98. The first-order valence-corrected chi connectivity index (χ1v) is 11.6. The fraction of sp³-hybridized carbons (Fsp3) is 0.542. The molecule has 8 heteroatoms. The van der Waals surface area contributed by atoms with Crippen LogP contribution in [0.4, 0.5) is 10.5 Å². The van der Waals surface area contributed by atoms with E-state index in [9.17, 15) is 4.79 Å². The van der Waals surface area contributed by atoms with Gasteiger partial charge in [0.25, 0.3) is 0 Å². The summed E-state index contributed by atoms with van der Waals surface area (Å²) in [5, 5.41) is 14.4. The normalized spacial score (nSPS) is 15.0. The molecular formula is C24H37N7O. The van der Waals surface area contributed by atoms with Crippen molar-refractivity contribution in [2.24, 2.45) is 12.0 Å². The second kappa shape index (κ2) is 11.0. The van der Waals surface area contributed by atoms with Gasteiger partial charge in [0.1, 0.15) is 0 Å². The van der Waals surface area contributed by atoms with Crippen LogP contribution in [0.2, 0.25) is 0 Å². The lowest BCUT2D eigenvalue weighted by Crippen LogP contribution is -2.43. The van der Waals surface area contributed by atoms with Gasteiger partial charge in [0.15, 0.2) is 5.96 Å². The van der Waals surface area contributed by atoms with Crippen LogP contribution in [0.5, 0.6) is 0 Å². The molecule has 3 rings (SSSR count). The number of carbonyl (C=O) groups is 1. The van der Waals surface area contributed by atoms with Gasteiger partial charge in [0.2, 0.25) is 0 Å². The summed E-state index contributed by atoms with van der Waals surface area (Å²) < 4.78 is 1.94. The highest BCUT2D eigenvalue weighted by Gasteiger charge is 2.18. The van der Waals surface area contributed by atoms with Crippen LogP contribution >= 0.6 is 0 Å². The fourth-order valence-electron chi connectivity index (χ4n) is 4.06. The molecule has 2 heterocycles. The van der Waals surface area contributed by atoms with Crippen LogP contribution in [0, 0.1) is 13.8 Å². The highest BCUT2D eigenvalue weighted by Crippen LogP contribution is 2.16. The standard InChI is InChI=1S/C24H37N7O/c1-6-25-23(27-17(2)14-22-18(3)29-30(5)19(22)4)26-16-20-10-9-11-21(15-20)28-24(32)31-12-7-8-13-31/h9-11,15,17H,6-8,12-14,16H2,1-5H3,(H,28,32)(H2,25,26,27). The zero-order valence-corrected chi connectivity index (χ0v) is 20.0. The maximum atomic E-state index is 12.4. The fourth-order valence-corrected chi connectivity index (χ4v) is 4.06. The first-order valence-electron chi connectivity index (χ1n) is 11.6. The number of nitrogens with zero attached hydrogens (tertiary/aromatic N) is 4. The van der Waals surface area contributed by atoms with Gasteiger partial charge in [-0.15, -0.1) is 0 Å². The summed E-state index contributed by atoms with van der Waals surface area (Å²) in [6.45, 7) is 11.4. The second-order valence-electron chi connectivity index (χ2n) is 8.54. The lowest BCUT2D eigenvalue weighted by molar-refractivity contribution is 0.222. The van der Waals surface area contributed by atoms with Gasteiger partial charge in [-0.2, -0.15) is 5.10 Å². The number of nitrogens with one attached hydrogen (secondary N) is 3. The highest BCUT2D eigenvalue weighted by atomic mass is 16.2. The first kappa shape index (κ1) is 23.6. The van der Waals surface area contributed by atoms with E-state index in [1.54, 1.807) is 0 Å². The van der Waals surface area contributed by atoms with Gasteiger partial charge in [0.05, 0.1) is 12.2 Å². The number of rotatable bonds is 7. The molecule has 2 amide bonds. The number of urea groups is 1. The van der Waals surface area contributed by atoms with Crippen LogP contribution in [-0.4, -0.2) is 52.3 Å². The molecule has 1 unspecified atom stereocenters. The van der Waals surface area contributed by atoms with Gasteiger partial charge in [-0.3, -0.25) is 4.68 Å². The van der Waals surface area contributed by atoms with E-state index in [1.165, 1.54) is 11.3 Å². The Balaban J connectivity index is 1.61. The number of hydrogen-bond donors (Lipinski definition) is 3. The maximum Gasteiger partial charge on any atom is 0.321 e. The van der Waals surface area contributed by atoms with E-state index >= 15 is 0 Å². The first-order chi connectivity index (χ1) is 15.4. The average molecular weight is 440 g/mol. The summed E-state index contributed by atoms with van der Waals surface area (Å²) in [4.78, 5) is 19.0. The zero-order valence-electron chi connectivity index (χ0n) is 20.0. The van der Waals surface area contributed by atoms with Gasteiger partial charge in [-0.05, 0) is 70.2 Å². The van der Waals surface area contributed by atoms with Crippen molar-refractivity contribution < 1.29 is 4.79 Å². The Bertz CT molecular complexity index is 944. The molecule has 1 aliphatic rings. The van der Waals surface area contributed by atoms with Gasteiger partial charge < -0.3 is 20.9 Å². The molecule has 1 saturated heterocycles. The van der Waals surface area contributed by atoms with E-state index in [-0.39, 0.29) is 12.1 Å². The van der Waals surface area contributed by atoms with Crippen LogP contribution in [0.15, 0.2) is 29.3 Å². The number of benzene rings is 1. The molecule has 0 spiro atoms. The Morgan fingerprint density at radius 3 is 2.66 bits per heavy atom. The molecule has 1 atom stereocenters. The number of aryl methyl sites for hydroxylation is 2. The van der Waals surface area contributed by atoms with Crippen LogP contribution in [0.1, 0.15) is 49.2 Å². The summed E-state index contributed by atoms with van der Waals surface area (Å²) in [5.41, 5.74) is 5.42. The number of carbonyl (C=O) groups excluding carboxylic acids is 1. The number of amides is 2. The molecular weight excluding hydrogens is 402 g/mol. The Morgan fingerprint density at radius 1 is 1.25 bits per heavy atom. The van der Waals surface area contributed by atoms with Crippen molar-refractivity contribution in [2.75, 3.05) is 25.0 Å². The third-order valence-electron chi connectivity index (χ3n) is 5.89. The van der Waals surface area contributed by atoms with Gasteiger partial charge >= 0.3 is 6.03 Å². The molecule has 0 radical (unpaired) electrons. The third kappa shape index (κ3) is 6.24. The summed E-state index contributed by atoms with van der Waals surface area (Å²) in [6, 6.07) is 8.09. The number of guanidine groups is 1. The predicted octanol–water partition coefficient (Wildman–Crippen LogP) is 3.35. The number of aromatic nitrogens is 2. The van der Waals surface area contributed by atoms with Crippen molar-refractivity contribution in [3.05, 3.63) is 46.8 Å². The molecule has 1 fully saturated rings. The van der Waals surface area contributed by atoms with Crippen LogP contribution < -0.4 is 16.0 Å². The Morgan fingerprint density at radius 2 is 2.00 bits per heavy atom. The summed E-state index contributed by atoms with van der Waals surface area (Å²) in [6.07, 6.45) is 3.05. The Labute approximate surface area is 191 Å². The van der Waals surface area contributed by atoms with Crippen molar-refractivity contribution in [2.45, 2.75) is 59.5 Å². The molecule has 0 bridgehead atoms. The van der Waals surface area contributed by atoms with Gasteiger partial charge in [0, 0.05) is 44.1 Å². The minimum Gasteiger partial charge on any atom is -0.357 e. The topological polar surface area (TPSA) is 86.6 Å². The molecule has 3 N–H and O–H groups in total. The van der Waals surface area contributed by atoms with Gasteiger partial charge in [-0.1, -0.05) is 12.1 Å². The van der Waals surface area contributed by atoms with Crippen LogP contribution in [0.3, 0.4) is 0 Å². The number of likely N-dealkylation sites (tertiary alicyclic amines) is 1. The van der Waals surface area contributed by atoms with Crippen molar-refractivity contribution in [3.63, 3.8) is 0 Å². The molecule has 0 aliphatic carbocycles. The molecule has 2 aromatic rings. The van der Waals surface area contributed by atoms with E-state index in [0.717, 1.165) is 61.8 Å². The molecule has 32 heavy (non-hydrogen) atoms. The van der Waals surface area contributed by atoms with E-state index in [0.29, 0.717) is 6.54 Å². The highest BCUT2D eigenvalue weighted by molar-refractivity contribution is 5.89. The van der Waals surface area contributed by atoms with Gasteiger partial charge in [-0.25, -0.2) is 9.79 Å². The predicted molar refractivity (Wildman–Crippen MR) is 130 cm³/mol. The molecule has 1 aromatic carbocycles. The number of aliphatic imine (C=N–C) groups is 1. The lowest BCUT2D eigenvalue weighted by Gasteiger charge is -2.18. The molecule has 174 valence electrons. The zero-order chi connectivity index (χ0) is 23.1. The van der Waals surface area contributed by atoms with Crippen LogP contribution in [0.25, 0.3) is 0 Å². The number of anilines is 1. The SMILES string of the molecule is CCNC(=NCc1cccc(NC(=O)N2CCCC2)c1)NC(C)Cc1c(C)nn(C)c1C. The third-order valence-corrected chi connectivity index (χ3v) is 5.89. The van der Waals surface area contributed by atoms with E-state index in [1.807, 2.05) is 40.9 Å². The minimum atomic E-state index is -0.0204. The summed E-state index contributed by atoms with van der Waals surface area (Å²) >= 11 is 0. The van der Waals surface area contributed by atoms with Crippen LogP contribution in [-0.2, 0) is 20.0 Å². The second-order valence-corrected chi connectivity index (χ2v) is 8.54. The Kier molecular flexibility index (Phi) is 8.14. The molecule has 1 aromatic heterocycles. The smallest absolute Gasteiger partial charge is 0.321 e. The van der Waals surface area contributed by atoms with Crippen molar-refractivity contribution >= 4 is 17.7 Å². The largest absolute Gasteiger partial charge is 0.357 e. The molecule has 1 aliphatic heterocycles. The number of hydrogen-bond acceptors (Lipinski definition) is 3. The monoisotopic (exact) mass is 439 g/mol. The average Bonchev–Trinajstić information content (AvgIpc) is 3.38. The van der Waals surface area contributed by atoms with E-state index < -0.39 is 0 Å². The quantitative estimate of drug-likeness (QED) is 0.456. The van der Waals surface area contributed by atoms with Crippen molar-refractivity contribution in [1.29, 1.82) is 0 Å². The minimum absolute atomic E-state index is 0.0204. The van der Waals surface area contributed by atoms with Crippen molar-refractivity contribution in [3.8, 4) is 0 Å². The van der Waals surface area contributed by atoms with E-state index in [2.05, 4.69) is 48.7 Å². The van der Waals surface area contributed by atoms with E-state index in [4.69, 9.17) is 4.99 Å². The van der Waals surface area contributed by atoms with Crippen molar-refractivity contribution in [1.82, 2.24) is 25.3 Å².